The van der Waals surface area contributed by atoms with Crippen LogP contribution >= 0.6 is 0 Å². The predicted octanol–water partition coefficient (Wildman–Crippen LogP) is 5.60. The van der Waals surface area contributed by atoms with Crippen molar-refractivity contribution in [1.82, 2.24) is 0 Å². The van der Waals surface area contributed by atoms with Gasteiger partial charge in [-0.2, -0.15) is 0 Å². The smallest absolute Gasteiger partial charge is 0.115 e. The van der Waals surface area contributed by atoms with E-state index in [0.717, 1.165) is 6.42 Å². The molecule has 0 unspecified atom stereocenters. The molecule has 2 nitrogen and oxygen atoms in total. The van der Waals surface area contributed by atoms with E-state index < -0.39 is 0 Å². The first-order valence-corrected chi connectivity index (χ1v) is 8.97. The summed E-state index contributed by atoms with van der Waals surface area (Å²) in [5.74, 6) is 2.47. The minimum absolute atomic E-state index is 0.127. The summed E-state index contributed by atoms with van der Waals surface area (Å²) in [5.41, 5.74) is 2.77. The molecule has 0 amide bonds. The Balaban J connectivity index is 1.93. The Morgan fingerprint density at radius 1 is 0.917 bits per heavy atom. The van der Waals surface area contributed by atoms with Crippen LogP contribution in [-0.2, 0) is 5.41 Å². The minimum Gasteiger partial charge on any atom is -0.508 e. The first-order chi connectivity index (χ1) is 11.4. The summed E-state index contributed by atoms with van der Waals surface area (Å²) >= 11 is 0. The first kappa shape index (κ1) is 16.9. The molecule has 2 aromatic carbocycles. The molecule has 1 aliphatic carbocycles. The van der Waals surface area contributed by atoms with Crippen molar-refractivity contribution < 1.29 is 10.2 Å². The van der Waals surface area contributed by atoms with Crippen LogP contribution in [0.4, 0.5) is 0 Å². The Labute approximate surface area is 145 Å². The van der Waals surface area contributed by atoms with Crippen LogP contribution in [0.25, 0.3) is 0 Å². The molecule has 0 aliphatic heterocycles. The van der Waals surface area contributed by atoms with E-state index in [1.165, 1.54) is 24.0 Å². The molecule has 2 heteroatoms. The molecule has 1 aliphatic rings. The summed E-state index contributed by atoms with van der Waals surface area (Å²) in [6.45, 7) is 6.99. The highest BCUT2D eigenvalue weighted by Gasteiger charge is 2.40. The molecule has 0 bridgehead atoms. The van der Waals surface area contributed by atoms with Crippen molar-refractivity contribution in [2.75, 3.05) is 0 Å². The summed E-state index contributed by atoms with van der Waals surface area (Å²) in [6, 6.07) is 15.5. The van der Waals surface area contributed by atoms with E-state index in [2.05, 4.69) is 45.0 Å². The van der Waals surface area contributed by atoms with Gasteiger partial charge in [-0.1, -0.05) is 45.0 Å². The molecule has 0 spiro atoms. The number of aromatic hydroxyl groups is 2. The van der Waals surface area contributed by atoms with E-state index in [9.17, 15) is 10.2 Å². The summed E-state index contributed by atoms with van der Waals surface area (Å²) in [6.07, 6.45) is 3.49. The molecule has 128 valence electrons. The van der Waals surface area contributed by atoms with Crippen molar-refractivity contribution in [3.05, 3.63) is 59.7 Å². The van der Waals surface area contributed by atoms with E-state index in [1.54, 1.807) is 24.3 Å². The molecular weight excluding hydrogens is 296 g/mol. The van der Waals surface area contributed by atoms with Gasteiger partial charge in [0.25, 0.3) is 0 Å². The van der Waals surface area contributed by atoms with Crippen molar-refractivity contribution in [2.24, 2.45) is 11.8 Å². The highest BCUT2D eigenvalue weighted by atomic mass is 16.3. The lowest BCUT2D eigenvalue weighted by Gasteiger charge is -2.45. The van der Waals surface area contributed by atoms with Crippen LogP contribution in [0.2, 0.25) is 0 Å². The van der Waals surface area contributed by atoms with Crippen LogP contribution in [0.3, 0.4) is 0 Å². The normalized spacial score (nSPS) is 27.3. The van der Waals surface area contributed by atoms with Crippen molar-refractivity contribution in [3.63, 3.8) is 0 Å². The molecule has 0 heterocycles. The van der Waals surface area contributed by atoms with Gasteiger partial charge >= 0.3 is 0 Å². The second kappa shape index (κ2) is 6.51. The van der Waals surface area contributed by atoms with Gasteiger partial charge in [-0.05, 0) is 77.8 Å². The highest BCUT2D eigenvalue weighted by molar-refractivity contribution is 5.35. The van der Waals surface area contributed by atoms with E-state index in [4.69, 9.17) is 0 Å². The van der Waals surface area contributed by atoms with Gasteiger partial charge in [0, 0.05) is 0 Å². The van der Waals surface area contributed by atoms with E-state index in [0.29, 0.717) is 29.3 Å². The molecular formula is C22H28O2. The zero-order valence-corrected chi connectivity index (χ0v) is 14.9. The third-order valence-corrected chi connectivity index (χ3v) is 5.96. The molecule has 24 heavy (non-hydrogen) atoms. The summed E-state index contributed by atoms with van der Waals surface area (Å²) in [5, 5.41) is 19.2. The number of rotatable bonds is 3. The maximum absolute atomic E-state index is 9.61. The molecule has 0 saturated heterocycles. The lowest BCUT2D eigenvalue weighted by atomic mass is 9.59. The van der Waals surface area contributed by atoms with Crippen molar-refractivity contribution in [1.29, 1.82) is 0 Å². The van der Waals surface area contributed by atoms with Crippen LogP contribution in [0.5, 0.6) is 11.5 Å². The largest absolute Gasteiger partial charge is 0.508 e. The van der Waals surface area contributed by atoms with E-state index in [-0.39, 0.29) is 5.41 Å². The second-order valence-electron chi connectivity index (χ2n) is 7.96. The van der Waals surface area contributed by atoms with E-state index >= 15 is 0 Å². The SMILES string of the molecule is CC(C)[C@H]1CC[C@@](C)(c2ccc(O)cc2)C[C@@H]1c1ccc(O)cc1. The highest BCUT2D eigenvalue weighted by Crippen LogP contribution is 2.50. The Hall–Kier alpha value is -1.96. The van der Waals surface area contributed by atoms with Gasteiger partial charge in [0.2, 0.25) is 0 Å². The molecule has 1 fully saturated rings. The zero-order chi connectivity index (χ0) is 17.3. The number of hydrogen-bond acceptors (Lipinski definition) is 2. The van der Waals surface area contributed by atoms with Crippen LogP contribution in [0, 0.1) is 11.8 Å². The molecule has 0 radical (unpaired) electrons. The molecule has 2 aromatic rings. The maximum Gasteiger partial charge on any atom is 0.115 e. The summed E-state index contributed by atoms with van der Waals surface area (Å²) in [4.78, 5) is 0. The van der Waals surface area contributed by atoms with Gasteiger partial charge in [0.15, 0.2) is 0 Å². The van der Waals surface area contributed by atoms with Gasteiger partial charge in [0.05, 0.1) is 0 Å². The number of phenols is 2. The quantitative estimate of drug-likeness (QED) is 0.772. The Bertz CT molecular complexity index is 672. The standard InChI is InChI=1S/C22H28O2/c1-15(2)20-12-13-22(3,17-6-10-19(24)11-7-17)14-21(20)16-4-8-18(23)9-5-16/h4-11,15,20-21,23-24H,12-14H2,1-3H3/t20-,21-,22-/m1/s1. The Morgan fingerprint density at radius 2 is 1.46 bits per heavy atom. The summed E-state index contributed by atoms with van der Waals surface area (Å²) < 4.78 is 0. The fraction of sp³-hybridized carbons (Fsp3) is 0.455. The van der Waals surface area contributed by atoms with Gasteiger partial charge in [-0.3, -0.25) is 0 Å². The molecule has 0 aromatic heterocycles. The van der Waals surface area contributed by atoms with Crippen LogP contribution in [0.15, 0.2) is 48.5 Å². The molecule has 3 atom stereocenters. The van der Waals surface area contributed by atoms with Crippen molar-refractivity contribution >= 4 is 0 Å². The monoisotopic (exact) mass is 324 g/mol. The fourth-order valence-electron chi connectivity index (χ4n) is 4.44. The lowest BCUT2D eigenvalue weighted by Crippen LogP contribution is -2.35. The predicted molar refractivity (Wildman–Crippen MR) is 98.5 cm³/mol. The van der Waals surface area contributed by atoms with Gasteiger partial charge in [-0.25, -0.2) is 0 Å². The molecule has 1 saturated carbocycles. The fourth-order valence-corrected chi connectivity index (χ4v) is 4.44. The number of phenolic OH excluding ortho intramolecular Hbond substituents is 2. The average molecular weight is 324 g/mol. The molecule has 2 N–H and O–H groups in total. The lowest BCUT2D eigenvalue weighted by molar-refractivity contribution is 0.171. The Kier molecular flexibility index (Phi) is 4.58. The van der Waals surface area contributed by atoms with Crippen LogP contribution in [-0.4, -0.2) is 10.2 Å². The minimum atomic E-state index is 0.127. The van der Waals surface area contributed by atoms with Gasteiger partial charge < -0.3 is 10.2 Å². The topological polar surface area (TPSA) is 40.5 Å². The third kappa shape index (κ3) is 3.28. The second-order valence-corrected chi connectivity index (χ2v) is 7.96. The van der Waals surface area contributed by atoms with Crippen molar-refractivity contribution in [3.8, 4) is 11.5 Å². The first-order valence-electron chi connectivity index (χ1n) is 8.97. The summed E-state index contributed by atoms with van der Waals surface area (Å²) in [7, 11) is 0. The number of hydrogen-bond donors (Lipinski definition) is 2. The van der Waals surface area contributed by atoms with E-state index in [1.807, 2.05) is 0 Å². The third-order valence-electron chi connectivity index (χ3n) is 5.96. The van der Waals surface area contributed by atoms with Crippen LogP contribution < -0.4 is 0 Å². The van der Waals surface area contributed by atoms with Crippen molar-refractivity contribution in [2.45, 2.75) is 51.4 Å². The van der Waals surface area contributed by atoms with Gasteiger partial charge in [-0.15, -0.1) is 0 Å². The zero-order valence-electron chi connectivity index (χ0n) is 14.9. The number of benzene rings is 2. The van der Waals surface area contributed by atoms with Gasteiger partial charge in [0.1, 0.15) is 11.5 Å². The Morgan fingerprint density at radius 3 is 2.00 bits per heavy atom. The molecule has 3 rings (SSSR count). The average Bonchev–Trinajstić information content (AvgIpc) is 2.55. The van der Waals surface area contributed by atoms with Crippen LogP contribution in [0.1, 0.15) is 57.1 Å². The maximum atomic E-state index is 9.61.